The Morgan fingerprint density at radius 2 is 1.89 bits per heavy atom. The predicted molar refractivity (Wildman–Crippen MR) is 82.5 cm³/mol. The molecule has 0 heterocycles. The molecule has 0 bridgehead atoms. The summed E-state index contributed by atoms with van der Waals surface area (Å²) < 4.78 is 0. The molecule has 0 aromatic heterocycles. The van der Waals surface area contributed by atoms with Crippen molar-refractivity contribution in [2.45, 2.75) is 51.5 Å². The molecule has 0 saturated carbocycles. The molecule has 1 atom stereocenters. The van der Waals surface area contributed by atoms with Gasteiger partial charge in [-0.05, 0) is 36.9 Å². The summed E-state index contributed by atoms with van der Waals surface area (Å²) >= 11 is 0. The van der Waals surface area contributed by atoms with Crippen LogP contribution >= 0.6 is 0 Å². The van der Waals surface area contributed by atoms with Crippen molar-refractivity contribution in [2.75, 3.05) is 19.6 Å². The maximum absolute atomic E-state index is 6.09. The van der Waals surface area contributed by atoms with Crippen LogP contribution in [0, 0.1) is 0 Å². The molecule has 19 heavy (non-hydrogen) atoms. The molecule has 2 N–H and O–H groups in total. The first-order chi connectivity index (χ1) is 9.20. The van der Waals surface area contributed by atoms with Gasteiger partial charge in [0.05, 0.1) is 0 Å². The van der Waals surface area contributed by atoms with Crippen LogP contribution in [0.2, 0.25) is 0 Å². The quantitative estimate of drug-likeness (QED) is 0.816. The molecule has 0 aliphatic heterocycles. The molecular weight excluding hydrogens is 232 g/mol. The van der Waals surface area contributed by atoms with Crippen LogP contribution in [-0.4, -0.2) is 30.1 Å². The zero-order chi connectivity index (χ0) is 13.9. The number of nitrogens with two attached hydrogens (primary N) is 1. The highest BCUT2D eigenvalue weighted by atomic mass is 15.2. The van der Waals surface area contributed by atoms with Gasteiger partial charge in [-0.15, -0.1) is 0 Å². The number of likely N-dealkylation sites (N-methyl/N-ethyl adjacent to an activating group) is 1. The summed E-state index contributed by atoms with van der Waals surface area (Å²) in [5, 5.41) is 0. The van der Waals surface area contributed by atoms with E-state index in [2.05, 4.69) is 49.9 Å². The number of hydrogen-bond acceptors (Lipinski definition) is 2. The van der Waals surface area contributed by atoms with E-state index in [1.165, 1.54) is 12.0 Å². The first-order valence-corrected chi connectivity index (χ1v) is 7.73. The molecule has 0 radical (unpaired) electrons. The van der Waals surface area contributed by atoms with Crippen molar-refractivity contribution in [1.29, 1.82) is 0 Å². The Bertz CT molecular complexity index is 401. The molecule has 1 aliphatic rings. The molecule has 1 aromatic rings. The molecule has 1 aromatic carbocycles. The molecule has 2 heteroatoms. The van der Waals surface area contributed by atoms with E-state index in [-0.39, 0.29) is 5.54 Å². The molecule has 0 spiro atoms. The molecule has 1 aliphatic carbocycles. The Labute approximate surface area is 118 Å². The van der Waals surface area contributed by atoms with Crippen LogP contribution in [-0.2, 0) is 6.42 Å². The van der Waals surface area contributed by atoms with E-state index in [9.17, 15) is 0 Å². The lowest BCUT2D eigenvalue weighted by atomic mass is 9.76. The van der Waals surface area contributed by atoms with Crippen LogP contribution in [0.4, 0.5) is 0 Å². The summed E-state index contributed by atoms with van der Waals surface area (Å²) in [4.78, 5) is 2.62. The summed E-state index contributed by atoms with van der Waals surface area (Å²) in [5.74, 6) is 0.708. The summed E-state index contributed by atoms with van der Waals surface area (Å²) in [6.45, 7) is 9.83. The lowest BCUT2D eigenvalue weighted by Crippen LogP contribution is -2.55. The van der Waals surface area contributed by atoms with E-state index in [1.54, 1.807) is 5.56 Å². The van der Waals surface area contributed by atoms with Crippen molar-refractivity contribution >= 4 is 0 Å². The van der Waals surface area contributed by atoms with Crippen molar-refractivity contribution in [3.8, 4) is 0 Å². The van der Waals surface area contributed by atoms with Gasteiger partial charge in [-0.3, -0.25) is 4.90 Å². The summed E-state index contributed by atoms with van der Waals surface area (Å²) in [6, 6.07) is 8.86. The molecule has 0 amide bonds. The molecule has 1 unspecified atom stereocenters. The van der Waals surface area contributed by atoms with Crippen LogP contribution < -0.4 is 5.73 Å². The van der Waals surface area contributed by atoms with Crippen molar-refractivity contribution in [1.82, 2.24) is 4.90 Å². The minimum Gasteiger partial charge on any atom is -0.329 e. The van der Waals surface area contributed by atoms with Gasteiger partial charge in [0, 0.05) is 24.5 Å². The minimum atomic E-state index is 0.194. The molecule has 2 rings (SSSR count). The third-order valence-electron chi connectivity index (χ3n) is 5.15. The topological polar surface area (TPSA) is 29.3 Å². The molecule has 2 nitrogen and oxygen atoms in total. The van der Waals surface area contributed by atoms with E-state index in [0.717, 1.165) is 32.5 Å². The normalized spacial score (nSPS) is 18.3. The van der Waals surface area contributed by atoms with E-state index in [0.29, 0.717) is 5.92 Å². The van der Waals surface area contributed by atoms with Gasteiger partial charge in [-0.1, -0.05) is 45.0 Å². The first kappa shape index (κ1) is 14.5. The Morgan fingerprint density at radius 1 is 1.21 bits per heavy atom. The Morgan fingerprint density at radius 3 is 2.42 bits per heavy atom. The minimum absolute atomic E-state index is 0.194. The van der Waals surface area contributed by atoms with Crippen LogP contribution in [0.1, 0.15) is 50.7 Å². The fourth-order valence-electron chi connectivity index (χ4n) is 3.56. The zero-order valence-electron chi connectivity index (χ0n) is 12.7. The second-order valence-corrected chi connectivity index (χ2v) is 5.77. The first-order valence-electron chi connectivity index (χ1n) is 7.73. The monoisotopic (exact) mass is 260 g/mol. The lowest BCUT2D eigenvalue weighted by molar-refractivity contribution is 0.0807. The second kappa shape index (κ2) is 6.06. The Balaban J connectivity index is 2.09. The van der Waals surface area contributed by atoms with Crippen LogP contribution in [0.15, 0.2) is 24.3 Å². The molecular formula is C17H28N2. The van der Waals surface area contributed by atoms with Crippen LogP contribution in [0.25, 0.3) is 0 Å². The van der Waals surface area contributed by atoms with Gasteiger partial charge in [0.1, 0.15) is 0 Å². The van der Waals surface area contributed by atoms with Gasteiger partial charge >= 0.3 is 0 Å². The standard InChI is InChI=1S/C17H28N2/c1-4-17(5-2,13-18)19(6-3)12-15-11-14-9-7-8-10-16(14)15/h7-10,15H,4-6,11-13,18H2,1-3H3. The van der Waals surface area contributed by atoms with Crippen molar-refractivity contribution in [3.05, 3.63) is 35.4 Å². The van der Waals surface area contributed by atoms with Gasteiger partial charge in [0.25, 0.3) is 0 Å². The third kappa shape index (κ3) is 2.56. The second-order valence-electron chi connectivity index (χ2n) is 5.77. The van der Waals surface area contributed by atoms with Crippen LogP contribution in [0.3, 0.4) is 0 Å². The largest absolute Gasteiger partial charge is 0.329 e. The van der Waals surface area contributed by atoms with Gasteiger partial charge in [-0.25, -0.2) is 0 Å². The van der Waals surface area contributed by atoms with Crippen LogP contribution in [0.5, 0.6) is 0 Å². The number of fused-ring (bicyclic) bond motifs is 1. The Hall–Kier alpha value is -0.860. The highest BCUT2D eigenvalue weighted by molar-refractivity contribution is 5.40. The van der Waals surface area contributed by atoms with Crippen molar-refractivity contribution in [2.24, 2.45) is 5.73 Å². The van der Waals surface area contributed by atoms with Gasteiger partial charge in [-0.2, -0.15) is 0 Å². The van der Waals surface area contributed by atoms with Crippen molar-refractivity contribution < 1.29 is 0 Å². The summed E-state index contributed by atoms with van der Waals surface area (Å²) in [6.07, 6.45) is 3.52. The average molecular weight is 260 g/mol. The number of nitrogens with zero attached hydrogens (tertiary/aromatic N) is 1. The SMILES string of the molecule is CCN(CC1Cc2ccccc21)C(CC)(CC)CN. The number of hydrogen-bond donors (Lipinski definition) is 1. The van der Waals surface area contributed by atoms with Gasteiger partial charge in [0.2, 0.25) is 0 Å². The third-order valence-corrected chi connectivity index (χ3v) is 5.15. The fourth-order valence-corrected chi connectivity index (χ4v) is 3.56. The molecule has 0 fully saturated rings. The maximum Gasteiger partial charge on any atom is 0.0326 e. The smallest absolute Gasteiger partial charge is 0.0326 e. The molecule has 0 saturated heterocycles. The van der Waals surface area contributed by atoms with E-state index < -0.39 is 0 Å². The van der Waals surface area contributed by atoms with E-state index >= 15 is 0 Å². The summed E-state index contributed by atoms with van der Waals surface area (Å²) in [7, 11) is 0. The average Bonchev–Trinajstić information content (AvgIpc) is 2.44. The lowest BCUT2D eigenvalue weighted by Gasteiger charge is -2.45. The van der Waals surface area contributed by atoms with Gasteiger partial charge < -0.3 is 5.73 Å². The number of rotatable bonds is 7. The maximum atomic E-state index is 6.09. The Kier molecular flexibility index (Phi) is 4.64. The predicted octanol–water partition coefficient (Wildman–Crippen LogP) is 3.17. The highest BCUT2D eigenvalue weighted by Crippen LogP contribution is 2.37. The number of benzene rings is 1. The van der Waals surface area contributed by atoms with E-state index in [1.807, 2.05) is 0 Å². The molecule has 106 valence electrons. The van der Waals surface area contributed by atoms with Crippen molar-refractivity contribution in [3.63, 3.8) is 0 Å². The van der Waals surface area contributed by atoms with E-state index in [4.69, 9.17) is 5.73 Å². The van der Waals surface area contributed by atoms with Gasteiger partial charge in [0.15, 0.2) is 0 Å². The highest BCUT2D eigenvalue weighted by Gasteiger charge is 2.35. The fraction of sp³-hybridized carbons (Fsp3) is 0.647. The summed E-state index contributed by atoms with van der Waals surface area (Å²) in [5.41, 5.74) is 9.38. The zero-order valence-corrected chi connectivity index (χ0v) is 12.7.